The molecule has 0 N–H and O–H groups in total. The molecule has 1 aliphatic carbocycles. The third-order valence-electron chi connectivity index (χ3n) is 8.82. The predicted molar refractivity (Wildman–Crippen MR) is 159 cm³/mol. The highest BCUT2D eigenvalue weighted by Gasteiger charge is 2.71. The molecule has 0 unspecified atom stereocenters. The Balaban J connectivity index is 1.55. The minimum absolute atomic E-state index is 0.160. The Kier molecular flexibility index (Phi) is 5.77. The highest BCUT2D eigenvalue weighted by atomic mass is 35.5. The van der Waals surface area contributed by atoms with Crippen LogP contribution in [0.15, 0.2) is 97.1 Å². The summed E-state index contributed by atoms with van der Waals surface area (Å²) < 4.78 is 5.57. The van der Waals surface area contributed by atoms with Gasteiger partial charge in [-0.25, -0.2) is 0 Å². The number of anilines is 1. The van der Waals surface area contributed by atoms with Crippen LogP contribution in [0.3, 0.4) is 0 Å². The van der Waals surface area contributed by atoms with Crippen molar-refractivity contribution in [1.82, 2.24) is 0 Å². The summed E-state index contributed by atoms with van der Waals surface area (Å²) in [5.74, 6) is -0.894. The summed E-state index contributed by atoms with van der Waals surface area (Å²) in [4.78, 5) is 46.1. The summed E-state index contributed by atoms with van der Waals surface area (Å²) in [6.07, 6.45) is 3.81. The van der Waals surface area contributed by atoms with Crippen molar-refractivity contribution in [2.75, 3.05) is 12.0 Å². The van der Waals surface area contributed by atoms with E-state index < -0.39 is 23.4 Å². The lowest BCUT2D eigenvalue weighted by atomic mass is 9.64. The molecule has 1 spiro atoms. The highest BCUT2D eigenvalue weighted by molar-refractivity contribution is 6.32. The fourth-order valence-electron chi connectivity index (χ4n) is 7.04. The fraction of sp³-hybridized carbons (Fsp3) is 0.171. The zero-order valence-electron chi connectivity index (χ0n) is 22.5. The van der Waals surface area contributed by atoms with Gasteiger partial charge in [-0.05, 0) is 48.4 Å². The molecule has 41 heavy (non-hydrogen) atoms. The number of ether oxygens (including phenoxy) is 1. The van der Waals surface area contributed by atoms with Crippen molar-refractivity contribution in [3.63, 3.8) is 0 Å². The van der Waals surface area contributed by atoms with Crippen LogP contribution < -0.4 is 9.64 Å². The van der Waals surface area contributed by atoms with E-state index in [1.807, 2.05) is 84.6 Å². The number of rotatable bonds is 4. The molecule has 3 aliphatic rings. The summed E-state index contributed by atoms with van der Waals surface area (Å²) >= 11 is 6.37. The van der Waals surface area contributed by atoms with Crippen LogP contribution in [0.1, 0.15) is 53.7 Å². The average Bonchev–Trinajstić information content (AvgIpc) is 3.43. The lowest BCUT2D eigenvalue weighted by molar-refractivity contribution is 0.0665. The molecule has 1 saturated heterocycles. The first-order valence-electron chi connectivity index (χ1n) is 13.6. The Hall–Kier alpha value is -4.48. The maximum atomic E-state index is 14.7. The molecular weight excluding hydrogens is 534 g/mol. The number of Topliss-reactive ketones (excluding diaryl/α,β-unsaturated/α-hetero) is 3. The van der Waals surface area contributed by atoms with Gasteiger partial charge in [-0.2, -0.15) is 0 Å². The maximum Gasteiger partial charge on any atom is 0.185 e. The van der Waals surface area contributed by atoms with Crippen molar-refractivity contribution < 1.29 is 19.1 Å². The van der Waals surface area contributed by atoms with Gasteiger partial charge in [-0.15, -0.1) is 0 Å². The van der Waals surface area contributed by atoms with E-state index in [2.05, 4.69) is 0 Å². The molecular formula is C35H26ClNO4. The van der Waals surface area contributed by atoms with E-state index in [-0.39, 0.29) is 17.3 Å². The minimum Gasteiger partial charge on any atom is -0.497 e. The molecule has 5 nitrogen and oxygen atoms in total. The summed E-state index contributed by atoms with van der Waals surface area (Å²) in [6, 6.07) is 25.8. The highest BCUT2D eigenvalue weighted by Crippen LogP contribution is 2.61. The zero-order chi connectivity index (χ0) is 28.5. The molecule has 2 aliphatic heterocycles. The van der Waals surface area contributed by atoms with Crippen LogP contribution in [0.5, 0.6) is 5.75 Å². The summed E-state index contributed by atoms with van der Waals surface area (Å²) in [6.45, 7) is 1.97. The molecule has 2 heterocycles. The van der Waals surface area contributed by atoms with Gasteiger partial charge in [0.25, 0.3) is 0 Å². The zero-order valence-corrected chi connectivity index (χ0v) is 23.3. The first-order chi connectivity index (χ1) is 19.9. The molecule has 0 radical (unpaired) electrons. The largest absolute Gasteiger partial charge is 0.497 e. The molecule has 0 bridgehead atoms. The molecule has 1 fully saturated rings. The van der Waals surface area contributed by atoms with Gasteiger partial charge in [0.2, 0.25) is 0 Å². The number of halogens is 1. The average molecular weight is 560 g/mol. The quantitative estimate of drug-likeness (QED) is 0.199. The van der Waals surface area contributed by atoms with Crippen LogP contribution in [0.25, 0.3) is 6.08 Å². The number of benzene rings is 4. The summed E-state index contributed by atoms with van der Waals surface area (Å²) in [7, 11) is 1.58. The van der Waals surface area contributed by atoms with Gasteiger partial charge in [0, 0.05) is 33.3 Å². The summed E-state index contributed by atoms with van der Waals surface area (Å²) in [5, 5.41) is 0.562. The molecule has 3 atom stereocenters. The lowest BCUT2D eigenvalue weighted by Gasteiger charge is -2.37. The third-order valence-corrected chi connectivity index (χ3v) is 9.06. The van der Waals surface area contributed by atoms with Gasteiger partial charge >= 0.3 is 0 Å². The van der Waals surface area contributed by atoms with Crippen molar-refractivity contribution in [1.29, 1.82) is 0 Å². The van der Waals surface area contributed by atoms with Crippen LogP contribution in [0.4, 0.5) is 5.69 Å². The minimum atomic E-state index is -1.56. The number of carbonyl (C=O) groups is 3. The smallest absolute Gasteiger partial charge is 0.185 e. The van der Waals surface area contributed by atoms with Gasteiger partial charge < -0.3 is 9.64 Å². The Bertz CT molecular complexity index is 1760. The number of ketones is 3. The van der Waals surface area contributed by atoms with Crippen LogP contribution in [-0.2, 0) is 0 Å². The normalized spacial score (nSPS) is 21.5. The van der Waals surface area contributed by atoms with E-state index in [9.17, 15) is 14.4 Å². The van der Waals surface area contributed by atoms with Crippen molar-refractivity contribution in [2.24, 2.45) is 5.41 Å². The first-order valence-corrected chi connectivity index (χ1v) is 13.9. The molecule has 0 aromatic heterocycles. The number of hydrogen-bond acceptors (Lipinski definition) is 5. The third kappa shape index (κ3) is 3.52. The molecule has 7 rings (SSSR count). The van der Waals surface area contributed by atoms with E-state index >= 15 is 0 Å². The van der Waals surface area contributed by atoms with Gasteiger partial charge in [0.05, 0.1) is 13.2 Å². The number of fused-ring (bicyclic) bond motifs is 5. The van der Waals surface area contributed by atoms with E-state index in [1.54, 1.807) is 37.4 Å². The molecule has 0 saturated carbocycles. The lowest BCUT2D eigenvalue weighted by Crippen LogP contribution is -2.48. The molecule has 202 valence electrons. The Labute approximate surface area is 243 Å². The number of methoxy groups -OCH3 is 1. The molecule has 4 aromatic carbocycles. The standard InChI is InChI=1S/C35H26ClNO4/c1-20-10-12-21(13-11-20)32(38)31-30(23-6-5-7-25(19-23)41-2)35(33(39)26-8-3-4-9-27(26)34(35)40)29-17-14-22-18-24(36)15-16-28(22)37(29)31/h3-19,29-31H,1-2H3/t29-,30-,31+/m1/s1. The SMILES string of the molecule is COc1cccc([C@@H]2[C@@H](C(=O)c3ccc(C)cc3)N3c4ccc(Cl)cc4C=C[C@@H]3C23C(=O)c2ccccc2C3=O)c1. The maximum absolute atomic E-state index is 14.7. The van der Waals surface area contributed by atoms with Crippen LogP contribution in [0.2, 0.25) is 5.02 Å². The van der Waals surface area contributed by atoms with Crippen molar-refractivity contribution in [3.8, 4) is 5.75 Å². The van der Waals surface area contributed by atoms with Crippen LogP contribution in [-0.4, -0.2) is 36.5 Å². The van der Waals surface area contributed by atoms with Gasteiger partial charge in [-0.3, -0.25) is 14.4 Å². The number of nitrogens with zero attached hydrogens (tertiary/aromatic N) is 1. The number of hydrogen-bond donors (Lipinski definition) is 0. The van der Waals surface area contributed by atoms with E-state index in [0.717, 1.165) is 16.8 Å². The Morgan fingerprint density at radius 1 is 0.878 bits per heavy atom. The fourth-order valence-corrected chi connectivity index (χ4v) is 7.22. The molecule has 4 aromatic rings. The van der Waals surface area contributed by atoms with Crippen LogP contribution in [0, 0.1) is 12.3 Å². The van der Waals surface area contributed by atoms with Crippen molar-refractivity contribution >= 4 is 40.7 Å². The van der Waals surface area contributed by atoms with E-state index in [4.69, 9.17) is 16.3 Å². The second kappa shape index (κ2) is 9.28. The van der Waals surface area contributed by atoms with E-state index in [1.165, 1.54) is 0 Å². The van der Waals surface area contributed by atoms with Gasteiger partial charge in [0.1, 0.15) is 17.2 Å². The van der Waals surface area contributed by atoms with Crippen molar-refractivity contribution in [3.05, 3.63) is 135 Å². The van der Waals surface area contributed by atoms with Gasteiger partial charge in [-0.1, -0.05) is 90.0 Å². The van der Waals surface area contributed by atoms with E-state index in [0.29, 0.717) is 33.0 Å². The van der Waals surface area contributed by atoms with Gasteiger partial charge in [0.15, 0.2) is 17.3 Å². The topological polar surface area (TPSA) is 63.7 Å². The monoisotopic (exact) mass is 559 g/mol. The molecule has 0 amide bonds. The van der Waals surface area contributed by atoms with Crippen molar-refractivity contribution in [2.45, 2.75) is 24.9 Å². The van der Waals surface area contributed by atoms with Crippen LogP contribution >= 0.6 is 11.6 Å². The second-order valence-electron chi connectivity index (χ2n) is 10.9. The Morgan fingerprint density at radius 2 is 1.59 bits per heavy atom. The predicted octanol–water partition coefficient (Wildman–Crippen LogP) is 6.97. The number of aryl methyl sites for hydroxylation is 1. The first kappa shape index (κ1) is 25.5. The molecule has 6 heteroatoms. The summed E-state index contributed by atoms with van der Waals surface area (Å²) in [5.41, 5.74) is 3.06. The Morgan fingerprint density at radius 3 is 2.27 bits per heavy atom. The number of carbonyl (C=O) groups excluding carboxylic acids is 3. The second-order valence-corrected chi connectivity index (χ2v) is 11.4.